The summed E-state index contributed by atoms with van der Waals surface area (Å²) in [5, 5.41) is 0. The summed E-state index contributed by atoms with van der Waals surface area (Å²) in [5.74, 6) is 0.932. The van der Waals surface area contributed by atoms with Crippen molar-refractivity contribution >= 4 is 0 Å². The predicted octanol–water partition coefficient (Wildman–Crippen LogP) is 1.70. The van der Waals surface area contributed by atoms with E-state index in [9.17, 15) is 0 Å². The Kier molecular flexibility index (Phi) is 5.51. The van der Waals surface area contributed by atoms with Gasteiger partial charge in [0.25, 0.3) is 0 Å². The van der Waals surface area contributed by atoms with Crippen LogP contribution in [0.15, 0.2) is 0 Å². The van der Waals surface area contributed by atoms with Gasteiger partial charge in [0, 0.05) is 12.1 Å². The molecule has 0 bridgehead atoms. The Morgan fingerprint density at radius 1 is 1.00 bits per heavy atom. The molecule has 2 unspecified atom stereocenters. The van der Waals surface area contributed by atoms with Gasteiger partial charge >= 0.3 is 0 Å². The molecule has 0 aromatic rings. The van der Waals surface area contributed by atoms with Gasteiger partial charge in [-0.15, -0.1) is 0 Å². The average molecular weight is 172 g/mol. The first-order chi connectivity index (χ1) is 5.61. The maximum atomic E-state index is 4.50. The van der Waals surface area contributed by atoms with Crippen LogP contribution >= 0.6 is 0 Å². The van der Waals surface area contributed by atoms with Crippen LogP contribution in [0, 0.1) is 5.92 Å². The van der Waals surface area contributed by atoms with E-state index >= 15 is 0 Å². The van der Waals surface area contributed by atoms with E-state index in [0.717, 1.165) is 18.0 Å². The van der Waals surface area contributed by atoms with Crippen LogP contribution in [0.4, 0.5) is 0 Å². The minimum atomic E-state index is 0.791. The van der Waals surface area contributed by atoms with Crippen LogP contribution in [0.5, 0.6) is 0 Å². The molecule has 0 aliphatic carbocycles. The average Bonchev–Trinajstić information content (AvgIpc) is 2.04. The molecule has 0 radical (unpaired) electrons. The normalized spacial score (nSPS) is 37.0. The van der Waals surface area contributed by atoms with Crippen molar-refractivity contribution in [3.8, 4) is 0 Å². The molecule has 0 aromatic carbocycles. The Bertz CT molecular complexity index is 102. The highest BCUT2D eigenvalue weighted by Gasteiger charge is 2.24. The van der Waals surface area contributed by atoms with Crippen LogP contribution in [0.2, 0.25) is 0 Å². The number of nitrogens with two attached hydrogens (primary N) is 1. The highest BCUT2D eigenvalue weighted by Crippen LogP contribution is 2.25. The van der Waals surface area contributed by atoms with Crippen molar-refractivity contribution in [1.82, 2.24) is 4.90 Å². The first-order valence-corrected chi connectivity index (χ1v) is 4.91. The quantitative estimate of drug-likeness (QED) is 0.602. The van der Waals surface area contributed by atoms with E-state index in [2.05, 4.69) is 38.5 Å². The summed E-state index contributed by atoms with van der Waals surface area (Å²) in [6, 6.07) is 1.58. The highest BCUT2D eigenvalue weighted by atomic mass is 15.2. The maximum absolute atomic E-state index is 4.50. The molecular formula is C10H24N2. The molecule has 1 aliphatic heterocycles. The van der Waals surface area contributed by atoms with Crippen molar-refractivity contribution in [2.24, 2.45) is 11.7 Å². The molecule has 0 aromatic heterocycles. The molecule has 1 rings (SSSR count). The van der Waals surface area contributed by atoms with Crippen molar-refractivity contribution in [3.05, 3.63) is 0 Å². The first kappa shape index (κ1) is 11.9. The molecule has 1 aliphatic rings. The van der Waals surface area contributed by atoms with E-state index in [4.69, 9.17) is 0 Å². The van der Waals surface area contributed by atoms with Gasteiger partial charge in [-0.1, -0.05) is 6.92 Å². The molecule has 74 valence electrons. The Hall–Kier alpha value is -0.0800. The molecule has 12 heavy (non-hydrogen) atoms. The molecule has 0 saturated carbocycles. The third kappa shape index (κ3) is 3.11. The lowest BCUT2D eigenvalue weighted by Gasteiger charge is -2.39. The van der Waals surface area contributed by atoms with Gasteiger partial charge in [-0.2, -0.15) is 0 Å². The van der Waals surface area contributed by atoms with Crippen LogP contribution in [-0.2, 0) is 0 Å². The Labute approximate surface area is 77.1 Å². The summed E-state index contributed by atoms with van der Waals surface area (Å²) in [4.78, 5) is 2.49. The zero-order valence-corrected chi connectivity index (χ0v) is 9.17. The molecule has 0 spiro atoms. The lowest BCUT2D eigenvalue weighted by molar-refractivity contribution is 0.105. The molecule has 1 saturated heterocycles. The van der Waals surface area contributed by atoms with Crippen LogP contribution in [0.25, 0.3) is 0 Å². The van der Waals surface area contributed by atoms with Gasteiger partial charge in [0.05, 0.1) is 0 Å². The molecule has 2 heteroatoms. The van der Waals surface area contributed by atoms with Crippen molar-refractivity contribution in [1.29, 1.82) is 0 Å². The summed E-state index contributed by atoms with van der Waals surface area (Å²) < 4.78 is 0. The highest BCUT2D eigenvalue weighted by molar-refractivity contribution is 4.79. The Balaban J connectivity index is 0.000000561. The van der Waals surface area contributed by atoms with Crippen molar-refractivity contribution < 1.29 is 0 Å². The Morgan fingerprint density at radius 2 is 1.33 bits per heavy atom. The van der Waals surface area contributed by atoms with Crippen molar-refractivity contribution in [3.63, 3.8) is 0 Å². The maximum Gasteiger partial charge on any atom is 0.00692 e. The monoisotopic (exact) mass is 172 g/mol. The van der Waals surface area contributed by atoms with E-state index in [1.165, 1.54) is 19.9 Å². The lowest BCUT2D eigenvalue weighted by Crippen LogP contribution is -2.43. The van der Waals surface area contributed by atoms with E-state index in [1.807, 2.05) is 0 Å². The molecule has 1 fully saturated rings. The second-order valence-electron chi connectivity index (χ2n) is 3.94. The number of rotatable bonds is 0. The SMILES string of the molecule is CC1CC(C)N(C)C(C)C1.CN. The molecule has 1 heterocycles. The van der Waals surface area contributed by atoms with E-state index in [0.29, 0.717) is 0 Å². The van der Waals surface area contributed by atoms with Gasteiger partial charge in [0.2, 0.25) is 0 Å². The third-order valence-corrected chi connectivity index (χ3v) is 2.88. The van der Waals surface area contributed by atoms with Crippen molar-refractivity contribution in [2.75, 3.05) is 14.1 Å². The molecule has 0 amide bonds. The second kappa shape index (κ2) is 5.55. The fourth-order valence-corrected chi connectivity index (χ4v) is 2.03. The second-order valence-corrected chi connectivity index (χ2v) is 3.94. The number of likely N-dealkylation sites (tertiary alicyclic amines) is 1. The van der Waals surface area contributed by atoms with Crippen molar-refractivity contribution in [2.45, 2.75) is 45.7 Å². The summed E-state index contributed by atoms with van der Waals surface area (Å²) in [6.45, 7) is 7.01. The van der Waals surface area contributed by atoms with Crippen LogP contribution in [0.1, 0.15) is 33.6 Å². The lowest BCUT2D eigenvalue weighted by atomic mass is 9.89. The molecule has 2 atom stereocenters. The topological polar surface area (TPSA) is 29.3 Å². The molecule has 2 nitrogen and oxygen atoms in total. The van der Waals surface area contributed by atoms with Crippen LogP contribution in [0.3, 0.4) is 0 Å². The third-order valence-electron chi connectivity index (χ3n) is 2.88. The van der Waals surface area contributed by atoms with Crippen LogP contribution < -0.4 is 5.73 Å². The van der Waals surface area contributed by atoms with Gasteiger partial charge in [0.15, 0.2) is 0 Å². The number of nitrogens with zero attached hydrogens (tertiary/aromatic N) is 1. The molecule has 2 N–H and O–H groups in total. The number of piperidine rings is 1. The zero-order chi connectivity index (χ0) is 9.72. The fourth-order valence-electron chi connectivity index (χ4n) is 2.03. The predicted molar refractivity (Wildman–Crippen MR) is 55.2 cm³/mol. The van der Waals surface area contributed by atoms with E-state index in [1.54, 1.807) is 0 Å². The smallest absolute Gasteiger partial charge is 0.00692 e. The van der Waals surface area contributed by atoms with Gasteiger partial charge in [-0.3, -0.25) is 0 Å². The van der Waals surface area contributed by atoms with Crippen LogP contribution in [-0.4, -0.2) is 31.1 Å². The minimum Gasteiger partial charge on any atom is -0.333 e. The van der Waals surface area contributed by atoms with Gasteiger partial charge in [-0.25, -0.2) is 0 Å². The summed E-state index contributed by atoms with van der Waals surface area (Å²) in [5.41, 5.74) is 4.50. The Morgan fingerprint density at radius 3 is 1.67 bits per heavy atom. The van der Waals surface area contributed by atoms with Gasteiger partial charge in [-0.05, 0) is 46.7 Å². The fraction of sp³-hybridized carbons (Fsp3) is 1.00. The largest absolute Gasteiger partial charge is 0.333 e. The summed E-state index contributed by atoms with van der Waals surface area (Å²) in [7, 11) is 3.74. The van der Waals surface area contributed by atoms with Gasteiger partial charge < -0.3 is 10.6 Å². The standard InChI is InChI=1S/C9H19N.CH5N/c1-7-5-8(2)10(4)9(3)6-7;1-2/h7-9H,5-6H2,1-4H3;2H2,1H3. The van der Waals surface area contributed by atoms with E-state index < -0.39 is 0 Å². The molecular weight excluding hydrogens is 148 g/mol. The summed E-state index contributed by atoms with van der Waals surface area (Å²) >= 11 is 0. The van der Waals surface area contributed by atoms with Gasteiger partial charge in [0.1, 0.15) is 0 Å². The van der Waals surface area contributed by atoms with E-state index in [-0.39, 0.29) is 0 Å². The number of hydrogen-bond acceptors (Lipinski definition) is 2. The summed E-state index contributed by atoms with van der Waals surface area (Å²) in [6.07, 6.45) is 2.75. The number of hydrogen-bond donors (Lipinski definition) is 1. The minimum absolute atomic E-state index is 0.791. The first-order valence-electron chi connectivity index (χ1n) is 4.91. The zero-order valence-electron chi connectivity index (χ0n) is 9.17.